The second kappa shape index (κ2) is 8.33. The van der Waals surface area contributed by atoms with E-state index in [4.69, 9.17) is 0 Å². The predicted octanol–water partition coefficient (Wildman–Crippen LogP) is 3.30. The molecule has 0 fully saturated rings. The summed E-state index contributed by atoms with van der Waals surface area (Å²) >= 11 is 0. The molecule has 10 nitrogen and oxygen atoms in total. The quantitative estimate of drug-likeness (QED) is 0.433. The second-order valence-corrected chi connectivity index (χ2v) is 8.33. The average Bonchev–Trinajstić information content (AvgIpc) is 2.69. The number of sulfonamides is 1. The van der Waals surface area contributed by atoms with E-state index < -0.39 is 14.9 Å². The molecule has 3 rings (SSSR count). The number of hydrogen-bond donors (Lipinski definition) is 2. The van der Waals surface area contributed by atoms with Gasteiger partial charge in [0.15, 0.2) is 0 Å². The highest BCUT2D eigenvalue weighted by atomic mass is 32.2. The number of nitrogens with one attached hydrogen (secondary N) is 2. The zero-order valence-electron chi connectivity index (χ0n) is 16.5. The van der Waals surface area contributed by atoms with Crippen molar-refractivity contribution in [3.8, 4) is 0 Å². The van der Waals surface area contributed by atoms with E-state index in [0.29, 0.717) is 17.3 Å². The number of benzene rings is 2. The maximum atomic E-state index is 12.5. The van der Waals surface area contributed by atoms with E-state index in [1.54, 1.807) is 24.3 Å². The van der Waals surface area contributed by atoms with Crippen LogP contribution in [0, 0.1) is 17.0 Å². The number of non-ortho nitro benzene ring substituents is 1. The lowest BCUT2D eigenvalue weighted by molar-refractivity contribution is -0.384. The first-order valence-electron chi connectivity index (χ1n) is 8.81. The first-order chi connectivity index (χ1) is 14.1. The molecule has 0 unspecified atom stereocenters. The molecule has 0 radical (unpaired) electrons. The molecule has 0 aliphatic heterocycles. The third-order valence-corrected chi connectivity index (χ3v) is 5.45. The highest BCUT2D eigenvalue weighted by molar-refractivity contribution is 7.92. The van der Waals surface area contributed by atoms with E-state index in [-0.39, 0.29) is 10.6 Å². The van der Waals surface area contributed by atoms with Crippen molar-refractivity contribution in [2.75, 3.05) is 29.0 Å². The van der Waals surface area contributed by atoms with Crippen LogP contribution in [-0.4, -0.2) is 37.4 Å². The Morgan fingerprint density at radius 1 is 0.967 bits per heavy atom. The summed E-state index contributed by atoms with van der Waals surface area (Å²) in [5, 5.41) is 13.8. The molecular formula is C19H20N6O4S. The summed E-state index contributed by atoms with van der Waals surface area (Å²) in [6.07, 6.45) is 0. The van der Waals surface area contributed by atoms with Crippen LogP contribution in [0.25, 0.3) is 0 Å². The third kappa shape index (κ3) is 5.00. The normalized spacial score (nSPS) is 11.0. The maximum Gasteiger partial charge on any atom is 0.269 e. The van der Waals surface area contributed by atoms with E-state index in [0.717, 1.165) is 23.6 Å². The Hall–Kier alpha value is -3.73. The van der Waals surface area contributed by atoms with Gasteiger partial charge in [0.2, 0.25) is 5.95 Å². The van der Waals surface area contributed by atoms with Gasteiger partial charge in [-0.1, -0.05) is 0 Å². The Bertz CT molecular complexity index is 1160. The zero-order valence-corrected chi connectivity index (χ0v) is 17.3. The van der Waals surface area contributed by atoms with Gasteiger partial charge in [0.1, 0.15) is 5.82 Å². The van der Waals surface area contributed by atoms with E-state index in [9.17, 15) is 18.5 Å². The Morgan fingerprint density at radius 2 is 1.57 bits per heavy atom. The molecule has 0 amide bonds. The number of rotatable bonds is 7. The molecule has 2 N–H and O–H groups in total. The molecule has 1 heterocycles. The van der Waals surface area contributed by atoms with Crippen molar-refractivity contribution >= 4 is 38.9 Å². The van der Waals surface area contributed by atoms with E-state index >= 15 is 0 Å². The summed E-state index contributed by atoms with van der Waals surface area (Å²) in [6.45, 7) is 1.87. The number of hydrogen-bond acceptors (Lipinski definition) is 8. The number of aryl methyl sites for hydroxylation is 1. The van der Waals surface area contributed by atoms with Gasteiger partial charge in [-0.3, -0.25) is 14.8 Å². The molecule has 0 saturated carbocycles. The van der Waals surface area contributed by atoms with Crippen molar-refractivity contribution < 1.29 is 13.3 Å². The minimum Gasteiger partial charge on any atom is -0.363 e. The van der Waals surface area contributed by atoms with Crippen molar-refractivity contribution in [1.82, 2.24) is 9.97 Å². The SMILES string of the molecule is Cc1cc(N(C)C)nc(Nc2ccc(NS(=O)(=O)c3ccc([N+](=O)[O-])cc3)cc2)n1. The molecule has 0 spiro atoms. The van der Waals surface area contributed by atoms with E-state index in [1.807, 2.05) is 32.0 Å². The standard InChI is InChI=1S/C19H20N6O4S/c1-13-12-18(24(2)3)22-19(20-13)21-14-4-6-15(7-5-14)23-30(28,29)17-10-8-16(9-11-17)25(26)27/h4-12,23H,1-3H3,(H,20,21,22). The van der Waals surface area contributed by atoms with Crippen LogP contribution in [0.1, 0.15) is 5.69 Å². The highest BCUT2D eigenvalue weighted by Gasteiger charge is 2.16. The monoisotopic (exact) mass is 428 g/mol. The second-order valence-electron chi connectivity index (χ2n) is 6.64. The smallest absolute Gasteiger partial charge is 0.269 e. The van der Waals surface area contributed by atoms with Crippen LogP contribution in [0.5, 0.6) is 0 Å². The molecule has 0 bridgehead atoms. The van der Waals surface area contributed by atoms with Crippen LogP contribution >= 0.6 is 0 Å². The van der Waals surface area contributed by atoms with Gasteiger partial charge in [-0.05, 0) is 43.3 Å². The summed E-state index contributed by atoms with van der Waals surface area (Å²) in [5.41, 5.74) is 1.66. The van der Waals surface area contributed by atoms with Crippen molar-refractivity contribution in [3.63, 3.8) is 0 Å². The summed E-state index contributed by atoms with van der Waals surface area (Å²) < 4.78 is 27.4. The average molecular weight is 428 g/mol. The minimum absolute atomic E-state index is 0.0697. The Balaban J connectivity index is 1.73. The highest BCUT2D eigenvalue weighted by Crippen LogP contribution is 2.22. The fourth-order valence-electron chi connectivity index (χ4n) is 2.55. The van der Waals surface area contributed by atoms with Crippen molar-refractivity contribution in [2.24, 2.45) is 0 Å². The fraction of sp³-hybridized carbons (Fsp3) is 0.158. The van der Waals surface area contributed by atoms with E-state index in [1.165, 1.54) is 12.1 Å². The van der Waals surface area contributed by atoms with Gasteiger partial charge in [-0.25, -0.2) is 13.4 Å². The number of aromatic nitrogens is 2. The molecule has 0 saturated heterocycles. The Morgan fingerprint density at radius 3 is 2.13 bits per heavy atom. The number of anilines is 4. The van der Waals surface area contributed by atoms with Crippen LogP contribution < -0.4 is 14.9 Å². The van der Waals surface area contributed by atoms with Gasteiger partial charge in [0.05, 0.1) is 9.82 Å². The summed E-state index contributed by atoms with van der Waals surface area (Å²) in [6, 6.07) is 13.1. The molecule has 30 heavy (non-hydrogen) atoms. The molecular weight excluding hydrogens is 408 g/mol. The Labute approximate surface area is 173 Å². The van der Waals surface area contributed by atoms with Gasteiger partial charge in [0.25, 0.3) is 15.7 Å². The third-order valence-electron chi connectivity index (χ3n) is 4.05. The first kappa shape index (κ1) is 21.0. The lowest BCUT2D eigenvalue weighted by Gasteiger charge is -2.14. The zero-order chi connectivity index (χ0) is 21.9. The number of nitro groups is 1. The summed E-state index contributed by atoms with van der Waals surface area (Å²) in [5.74, 6) is 1.19. The van der Waals surface area contributed by atoms with Gasteiger partial charge < -0.3 is 10.2 Å². The molecule has 11 heteroatoms. The molecule has 0 aliphatic carbocycles. The molecule has 0 atom stereocenters. The molecule has 3 aromatic rings. The predicted molar refractivity (Wildman–Crippen MR) is 115 cm³/mol. The lowest BCUT2D eigenvalue weighted by Crippen LogP contribution is -2.13. The largest absolute Gasteiger partial charge is 0.363 e. The van der Waals surface area contributed by atoms with Gasteiger partial charge in [0, 0.05) is 49.4 Å². The van der Waals surface area contributed by atoms with Gasteiger partial charge >= 0.3 is 0 Å². The maximum absolute atomic E-state index is 12.5. The lowest BCUT2D eigenvalue weighted by atomic mass is 10.3. The summed E-state index contributed by atoms with van der Waals surface area (Å²) in [7, 11) is -0.0989. The molecule has 1 aromatic heterocycles. The van der Waals surface area contributed by atoms with Crippen molar-refractivity contribution in [1.29, 1.82) is 0 Å². The summed E-state index contributed by atoms with van der Waals surface area (Å²) in [4.78, 5) is 20.7. The minimum atomic E-state index is -3.87. The number of nitro benzene ring substituents is 1. The van der Waals surface area contributed by atoms with Crippen molar-refractivity contribution in [3.05, 3.63) is 70.4 Å². The molecule has 0 aliphatic rings. The first-order valence-corrected chi connectivity index (χ1v) is 10.3. The topological polar surface area (TPSA) is 130 Å². The van der Waals surface area contributed by atoms with Crippen LogP contribution in [0.2, 0.25) is 0 Å². The molecule has 2 aromatic carbocycles. The van der Waals surface area contributed by atoms with Crippen LogP contribution in [-0.2, 0) is 10.0 Å². The van der Waals surface area contributed by atoms with Crippen molar-refractivity contribution in [2.45, 2.75) is 11.8 Å². The van der Waals surface area contributed by atoms with Gasteiger partial charge in [-0.2, -0.15) is 4.98 Å². The van der Waals surface area contributed by atoms with Gasteiger partial charge in [-0.15, -0.1) is 0 Å². The fourth-order valence-corrected chi connectivity index (χ4v) is 3.61. The van der Waals surface area contributed by atoms with Crippen LogP contribution in [0.4, 0.5) is 28.8 Å². The van der Waals surface area contributed by atoms with E-state index in [2.05, 4.69) is 20.0 Å². The van der Waals surface area contributed by atoms with Crippen LogP contribution in [0.15, 0.2) is 59.5 Å². The number of nitrogens with zero attached hydrogens (tertiary/aromatic N) is 4. The molecule has 156 valence electrons. The van der Waals surface area contributed by atoms with Crippen LogP contribution in [0.3, 0.4) is 0 Å². The Kier molecular flexibility index (Phi) is 5.83.